The standard InChI is InChI=1S/C18H35N/c1-17(2,3)15-8-6-14(7-9-15)13-19-16-10-11-18(4,5)12-16/h14-16,19H,6-13H2,1-5H3. The molecular formula is C18H35N. The third-order valence-corrected chi connectivity index (χ3v) is 5.74. The minimum atomic E-state index is 0.522. The first-order chi connectivity index (χ1) is 8.76. The Balaban J connectivity index is 1.67. The highest BCUT2D eigenvalue weighted by molar-refractivity contribution is 4.87. The Morgan fingerprint density at radius 2 is 1.63 bits per heavy atom. The molecule has 0 saturated heterocycles. The van der Waals surface area contributed by atoms with E-state index in [-0.39, 0.29) is 0 Å². The summed E-state index contributed by atoms with van der Waals surface area (Å²) in [4.78, 5) is 0. The maximum absolute atomic E-state index is 3.86. The highest BCUT2D eigenvalue weighted by Gasteiger charge is 2.32. The lowest BCUT2D eigenvalue weighted by Crippen LogP contribution is -2.35. The lowest BCUT2D eigenvalue weighted by Gasteiger charge is -2.37. The molecule has 0 aliphatic heterocycles. The second kappa shape index (κ2) is 5.76. The topological polar surface area (TPSA) is 12.0 Å². The third-order valence-electron chi connectivity index (χ3n) is 5.74. The van der Waals surface area contributed by atoms with E-state index in [0.717, 1.165) is 17.9 Å². The van der Waals surface area contributed by atoms with Gasteiger partial charge in [-0.25, -0.2) is 0 Å². The van der Waals surface area contributed by atoms with Crippen molar-refractivity contribution in [3.63, 3.8) is 0 Å². The van der Waals surface area contributed by atoms with Crippen molar-refractivity contribution < 1.29 is 0 Å². The molecule has 112 valence electrons. The largest absolute Gasteiger partial charge is 0.314 e. The van der Waals surface area contributed by atoms with Gasteiger partial charge < -0.3 is 5.32 Å². The van der Waals surface area contributed by atoms with Crippen LogP contribution in [-0.2, 0) is 0 Å². The van der Waals surface area contributed by atoms with Gasteiger partial charge in [0.15, 0.2) is 0 Å². The van der Waals surface area contributed by atoms with Crippen LogP contribution in [0.4, 0.5) is 0 Å². The average Bonchev–Trinajstić information content (AvgIpc) is 2.66. The smallest absolute Gasteiger partial charge is 0.00724 e. The van der Waals surface area contributed by atoms with Gasteiger partial charge >= 0.3 is 0 Å². The molecule has 0 heterocycles. The molecule has 1 heteroatoms. The fourth-order valence-electron chi connectivity index (χ4n) is 4.18. The minimum absolute atomic E-state index is 0.522. The minimum Gasteiger partial charge on any atom is -0.314 e. The summed E-state index contributed by atoms with van der Waals surface area (Å²) >= 11 is 0. The summed E-state index contributed by atoms with van der Waals surface area (Å²) < 4.78 is 0. The molecule has 0 aromatic carbocycles. The van der Waals surface area contributed by atoms with Crippen LogP contribution in [0, 0.1) is 22.7 Å². The van der Waals surface area contributed by atoms with E-state index in [1.165, 1.54) is 51.5 Å². The van der Waals surface area contributed by atoms with Crippen molar-refractivity contribution in [3.05, 3.63) is 0 Å². The van der Waals surface area contributed by atoms with Gasteiger partial charge in [-0.05, 0) is 74.2 Å². The first-order valence-corrected chi connectivity index (χ1v) is 8.50. The number of rotatable bonds is 3. The molecular weight excluding hydrogens is 230 g/mol. The van der Waals surface area contributed by atoms with Crippen LogP contribution < -0.4 is 5.32 Å². The number of hydrogen-bond acceptors (Lipinski definition) is 1. The molecule has 0 bridgehead atoms. The quantitative estimate of drug-likeness (QED) is 0.756. The SMILES string of the molecule is CC1(C)CCC(NCC2CCC(C(C)(C)C)CC2)C1. The van der Waals surface area contributed by atoms with Gasteiger partial charge in [-0.15, -0.1) is 0 Å². The van der Waals surface area contributed by atoms with Crippen molar-refractivity contribution >= 4 is 0 Å². The summed E-state index contributed by atoms with van der Waals surface area (Å²) in [5.41, 5.74) is 1.11. The summed E-state index contributed by atoms with van der Waals surface area (Å²) in [5.74, 6) is 1.90. The summed E-state index contributed by atoms with van der Waals surface area (Å²) in [6, 6.07) is 0.801. The Kier molecular flexibility index (Phi) is 4.65. The van der Waals surface area contributed by atoms with E-state index in [4.69, 9.17) is 0 Å². The summed E-state index contributed by atoms with van der Waals surface area (Å²) in [5, 5.41) is 3.86. The predicted octanol–water partition coefficient (Wildman–Crippen LogP) is 5.01. The Labute approximate surface area is 120 Å². The van der Waals surface area contributed by atoms with E-state index in [2.05, 4.69) is 39.9 Å². The molecule has 2 aliphatic rings. The Morgan fingerprint density at radius 3 is 2.11 bits per heavy atom. The van der Waals surface area contributed by atoms with Crippen LogP contribution in [-0.4, -0.2) is 12.6 Å². The van der Waals surface area contributed by atoms with Gasteiger partial charge in [0, 0.05) is 6.04 Å². The van der Waals surface area contributed by atoms with E-state index in [1.807, 2.05) is 0 Å². The summed E-state index contributed by atoms with van der Waals surface area (Å²) in [6.45, 7) is 13.4. The molecule has 0 aromatic rings. The lowest BCUT2D eigenvalue weighted by molar-refractivity contribution is 0.147. The van der Waals surface area contributed by atoms with Crippen LogP contribution in [0.25, 0.3) is 0 Å². The highest BCUT2D eigenvalue weighted by Crippen LogP contribution is 2.40. The van der Waals surface area contributed by atoms with E-state index in [1.54, 1.807) is 0 Å². The van der Waals surface area contributed by atoms with Crippen molar-refractivity contribution in [2.24, 2.45) is 22.7 Å². The number of nitrogens with one attached hydrogen (secondary N) is 1. The maximum Gasteiger partial charge on any atom is 0.00724 e. The summed E-state index contributed by atoms with van der Waals surface area (Å²) in [6.07, 6.45) is 9.98. The van der Waals surface area contributed by atoms with Gasteiger partial charge in [-0.1, -0.05) is 34.6 Å². The molecule has 2 aliphatic carbocycles. The second-order valence-electron chi connectivity index (χ2n) is 9.10. The molecule has 0 radical (unpaired) electrons. The zero-order valence-electron chi connectivity index (χ0n) is 13.9. The van der Waals surface area contributed by atoms with E-state index >= 15 is 0 Å². The van der Waals surface area contributed by atoms with Crippen molar-refractivity contribution in [2.45, 2.75) is 85.6 Å². The van der Waals surface area contributed by atoms with Crippen LogP contribution in [0.2, 0.25) is 0 Å². The molecule has 19 heavy (non-hydrogen) atoms. The van der Waals surface area contributed by atoms with E-state index in [9.17, 15) is 0 Å². The molecule has 1 N–H and O–H groups in total. The fourth-order valence-corrected chi connectivity index (χ4v) is 4.18. The van der Waals surface area contributed by atoms with Gasteiger partial charge in [0.25, 0.3) is 0 Å². The molecule has 0 aromatic heterocycles. The molecule has 1 atom stereocenters. The van der Waals surface area contributed by atoms with Crippen molar-refractivity contribution in [1.29, 1.82) is 0 Å². The van der Waals surface area contributed by atoms with Crippen LogP contribution in [0.15, 0.2) is 0 Å². The number of hydrogen-bond donors (Lipinski definition) is 1. The van der Waals surface area contributed by atoms with Crippen LogP contribution in [0.1, 0.15) is 79.6 Å². The van der Waals surface area contributed by atoms with E-state index in [0.29, 0.717) is 10.8 Å². The highest BCUT2D eigenvalue weighted by atomic mass is 14.9. The van der Waals surface area contributed by atoms with Crippen molar-refractivity contribution in [2.75, 3.05) is 6.54 Å². The predicted molar refractivity (Wildman–Crippen MR) is 84.3 cm³/mol. The molecule has 0 spiro atoms. The summed E-state index contributed by atoms with van der Waals surface area (Å²) in [7, 11) is 0. The van der Waals surface area contributed by atoms with Gasteiger partial charge in [-0.2, -0.15) is 0 Å². The Bertz CT molecular complexity index is 279. The molecule has 1 nitrogen and oxygen atoms in total. The molecule has 1 unspecified atom stereocenters. The van der Waals surface area contributed by atoms with Crippen LogP contribution >= 0.6 is 0 Å². The molecule has 2 fully saturated rings. The monoisotopic (exact) mass is 265 g/mol. The van der Waals surface area contributed by atoms with Gasteiger partial charge in [0.1, 0.15) is 0 Å². The molecule has 2 saturated carbocycles. The normalized spacial score (nSPS) is 35.5. The maximum atomic E-state index is 3.86. The van der Waals surface area contributed by atoms with Crippen LogP contribution in [0.3, 0.4) is 0 Å². The third kappa shape index (κ3) is 4.48. The van der Waals surface area contributed by atoms with Gasteiger partial charge in [0.05, 0.1) is 0 Å². The van der Waals surface area contributed by atoms with Crippen molar-refractivity contribution in [1.82, 2.24) is 5.32 Å². The zero-order chi connectivity index (χ0) is 14.1. The fraction of sp³-hybridized carbons (Fsp3) is 1.00. The van der Waals surface area contributed by atoms with Crippen molar-refractivity contribution in [3.8, 4) is 0 Å². The Morgan fingerprint density at radius 1 is 1.00 bits per heavy atom. The average molecular weight is 265 g/mol. The molecule has 2 rings (SSSR count). The lowest BCUT2D eigenvalue weighted by atomic mass is 9.70. The molecule has 0 amide bonds. The van der Waals surface area contributed by atoms with Gasteiger partial charge in [0.2, 0.25) is 0 Å². The first kappa shape index (κ1) is 15.4. The Hall–Kier alpha value is -0.0400. The second-order valence-corrected chi connectivity index (χ2v) is 9.10. The van der Waals surface area contributed by atoms with Gasteiger partial charge in [-0.3, -0.25) is 0 Å². The van der Waals surface area contributed by atoms with E-state index < -0.39 is 0 Å². The first-order valence-electron chi connectivity index (χ1n) is 8.50. The van der Waals surface area contributed by atoms with Crippen LogP contribution in [0.5, 0.6) is 0 Å². The zero-order valence-corrected chi connectivity index (χ0v) is 13.9.